The Morgan fingerprint density at radius 3 is 2.63 bits per heavy atom. The summed E-state index contributed by atoms with van der Waals surface area (Å²) in [6, 6.07) is 17.6. The van der Waals surface area contributed by atoms with E-state index < -0.39 is 0 Å². The maximum absolute atomic E-state index is 13.5. The number of benzene rings is 2. The summed E-state index contributed by atoms with van der Waals surface area (Å²) in [4.78, 5) is 28.3. The van der Waals surface area contributed by atoms with Crippen LogP contribution in [0.1, 0.15) is 34.1 Å². The first kappa shape index (κ1) is 24.4. The first-order chi connectivity index (χ1) is 16.9. The van der Waals surface area contributed by atoms with Gasteiger partial charge >= 0.3 is 0 Å². The van der Waals surface area contributed by atoms with E-state index in [1.54, 1.807) is 16.7 Å². The number of nitrogens with zero attached hydrogens (tertiary/aromatic N) is 2. The first-order valence-electron chi connectivity index (χ1n) is 11.7. The summed E-state index contributed by atoms with van der Waals surface area (Å²) in [5, 5.41) is 2.85. The van der Waals surface area contributed by atoms with E-state index in [0.29, 0.717) is 42.9 Å². The largest absolute Gasteiger partial charge is 0.496 e. The number of fused-ring (bicyclic) bond motifs is 1. The number of carbonyl (C=O) groups excluding carboxylic acids is 1. The Kier molecular flexibility index (Phi) is 7.77. The van der Waals surface area contributed by atoms with E-state index in [0.717, 1.165) is 12.1 Å². The third-order valence-corrected chi connectivity index (χ3v) is 6.16. The predicted molar refractivity (Wildman–Crippen MR) is 135 cm³/mol. The Hall–Kier alpha value is -3.71. The molecule has 2 heterocycles. The van der Waals surface area contributed by atoms with Crippen LogP contribution in [0.5, 0.6) is 5.75 Å². The highest BCUT2D eigenvalue weighted by Gasteiger charge is 2.25. The fraction of sp³-hybridized carbons (Fsp3) is 0.286. The van der Waals surface area contributed by atoms with Crippen molar-refractivity contribution in [3.8, 4) is 5.75 Å². The highest BCUT2D eigenvalue weighted by Crippen LogP contribution is 2.23. The third kappa shape index (κ3) is 6.05. The summed E-state index contributed by atoms with van der Waals surface area (Å²) in [7, 11) is 1.45. The number of rotatable bonds is 7. The summed E-state index contributed by atoms with van der Waals surface area (Å²) >= 11 is 0. The standard InChI is InChI=1S/C28H30FN3O3/c1-20(15-21-7-4-3-5-8-21)19-31-12-11-24-27(25(35-2)17-26(33)32(24)14-13-31)28(34)30-18-22-9-6-10-23(29)16-22/h3-10,15-17H,11-14,18-19H2,1-2H3,(H,30,34)/b20-15+. The number of carbonyl (C=O) groups is 1. The number of nitrogens with one attached hydrogen (secondary N) is 1. The number of ether oxygens (including phenoxy) is 1. The minimum absolute atomic E-state index is 0.175. The van der Waals surface area contributed by atoms with E-state index in [2.05, 4.69) is 35.3 Å². The monoisotopic (exact) mass is 475 g/mol. The molecule has 0 aliphatic carbocycles. The van der Waals surface area contributed by atoms with Crippen molar-refractivity contribution < 1.29 is 13.9 Å². The van der Waals surface area contributed by atoms with Crippen molar-refractivity contribution in [3.05, 3.63) is 105 Å². The van der Waals surface area contributed by atoms with Crippen LogP contribution in [0.3, 0.4) is 0 Å². The summed E-state index contributed by atoms with van der Waals surface area (Å²) < 4.78 is 20.6. The number of pyridine rings is 1. The average molecular weight is 476 g/mol. The molecule has 0 atom stereocenters. The lowest BCUT2D eigenvalue weighted by Crippen LogP contribution is -2.31. The minimum atomic E-state index is -0.355. The molecule has 3 aromatic rings. The van der Waals surface area contributed by atoms with Crippen LogP contribution in [0.4, 0.5) is 4.39 Å². The number of amides is 1. The molecule has 0 bridgehead atoms. The van der Waals surface area contributed by atoms with Gasteiger partial charge in [0.15, 0.2) is 0 Å². The Labute approximate surface area is 204 Å². The second kappa shape index (κ2) is 11.1. The van der Waals surface area contributed by atoms with Crippen LogP contribution < -0.4 is 15.6 Å². The van der Waals surface area contributed by atoms with Gasteiger partial charge < -0.3 is 14.6 Å². The number of halogens is 1. The zero-order valence-electron chi connectivity index (χ0n) is 20.1. The van der Waals surface area contributed by atoms with Crippen LogP contribution in [0.25, 0.3) is 6.08 Å². The maximum atomic E-state index is 13.5. The van der Waals surface area contributed by atoms with Crippen LogP contribution in [0, 0.1) is 5.82 Å². The van der Waals surface area contributed by atoms with Gasteiger partial charge in [-0.05, 0) is 30.2 Å². The zero-order chi connectivity index (χ0) is 24.8. The smallest absolute Gasteiger partial charge is 0.257 e. The molecule has 0 fully saturated rings. The Morgan fingerprint density at radius 1 is 1.09 bits per heavy atom. The van der Waals surface area contributed by atoms with Gasteiger partial charge in [0.1, 0.15) is 17.1 Å². The van der Waals surface area contributed by atoms with Crippen molar-refractivity contribution in [2.45, 2.75) is 26.4 Å². The van der Waals surface area contributed by atoms with E-state index in [1.165, 1.54) is 30.9 Å². The second-order valence-corrected chi connectivity index (χ2v) is 8.76. The lowest BCUT2D eigenvalue weighted by Gasteiger charge is -2.19. The van der Waals surface area contributed by atoms with Gasteiger partial charge in [-0.1, -0.05) is 54.1 Å². The van der Waals surface area contributed by atoms with E-state index in [9.17, 15) is 14.0 Å². The van der Waals surface area contributed by atoms with Crippen molar-refractivity contribution >= 4 is 12.0 Å². The fourth-order valence-corrected chi connectivity index (χ4v) is 4.51. The van der Waals surface area contributed by atoms with E-state index in [1.807, 2.05) is 18.2 Å². The third-order valence-electron chi connectivity index (χ3n) is 6.16. The molecule has 1 amide bonds. The van der Waals surface area contributed by atoms with Crippen LogP contribution in [0.2, 0.25) is 0 Å². The summed E-state index contributed by atoms with van der Waals surface area (Å²) in [5.41, 5.74) is 3.88. The molecule has 1 aliphatic rings. The minimum Gasteiger partial charge on any atom is -0.496 e. The molecule has 1 aliphatic heterocycles. The van der Waals surface area contributed by atoms with Gasteiger partial charge in [-0.25, -0.2) is 4.39 Å². The normalized spacial score (nSPS) is 14.2. The number of aromatic nitrogens is 1. The molecule has 0 saturated heterocycles. The molecule has 2 aromatic carbocycles. The van der Waals surface area contributed by atoms with Gasteiger partial charge in [-0.15, -0.1) is 0 Å². The van der Waals surface area contributed by atoms with Crippen LogP contribution in [-0.2, 0) is 19.5 Å². The molecule has 182 valence electrons. The lowest BCUT2D eigenvalue weighted by molar-refractivity contribution is 0.0945. The summed E-state index contributed by atoms with van der Waals surface area (Å²) in [6.45, 7) is 4.94. The van der Waals surface area contributed by atoms with Crippen molar-refractivity contribution in [1.82, 2.24) is 14.8 Å². The van der Waals surface area contributed by atoms with Gasteiger partial charge in [0.05, 0.1) is 7.11 Å². The molecule has 6 nitrogen and oxygen atoms in total. The van der Waals surface area contributed by atoms with Crippen molar-refractivity contribution in [1.29, 1.82) is 0 Å². The fourth-order valence-electron chi connectivity index (χ4n) is 4.51. The SMILES string of the molecule is COc1cc(=O)n2c(c1C(=O)NCc1cccc(F)c1)CCN(C/C(C)=C/c1ccccc1)CC2. The van der Waals surface area contributed by atoms with Gasteiger partial charge in [0, 0.05) is 50.9 Å². The van der Waals surface area contributed by atoms with E-state index in [4.69, 9.17) is 4.74 Å². The van der Waals surface area contributed by atoms with Crippen molar-refractivity contribution in [2.24, 2.45) is 0 Å². The van der Waals surface area contributed by atoms with E-state index in [-0.39, 0.29) is 29.6 Å². The van der Waals surface area contributed by atoms with Gasteiger partial charge in [-0.2, -0.15) is 0 Å². The molecule has 35 heavy (non-hydrogen) atoms. The van der Waals surface area contributed by atoms with Crippen LogP contribution >= 0.6 is 0 Å². The van der Waals surface area contributed by atoms with Gasteiger partial charge in [-0.3, -0.25) is 14.5 Å². The predicted octanol–water partition coefficient (Wildman–Crippen LogP) is 3.89. The highest BCUT2D eigenvalue weighted by molar-refractivity contribution is 5.98. The molecule has 0 spiro atoms. The number of methoxy groups -OCH3 is 1. The molecule has 1 N–H and O–H groups in total. The Bertz CT molecular complexity index is 1280. The van der Waals surface area contributed by atoms with Gasteiger partial charge in [0.25, 0.3) is 11.5 Å². The maximum Gasteiger partial charge on any atom is 0.257 e. The summed E-state index contributed by atoms with van der Waals surface area (Å²) in [5.74, 6) is -0.443. The molecule has 0 unspecified atom stereocenters. The quantitative estimate of drug-likeness (QED) is 0.563. The van der Waals surface area contributed by atoms with Crippen molar-refractivity contribution in [3.63, 3.8) is 0 Å². The highest BCUT2D eigenvalue weighted by atomic mass is 19.1. The molecule has 0 saturated carbocycles. The molecular weight excluding hydrogens is 445 g/mol. The molecule has 7 heteroatoms. The first-order valence-corrected chi connectivity index (χ1v) is 11.7. The van der Waals surface area contributed by atoms with Gasteiger partial charge in [0.2, 0.25) is 0 Å². The van der Waals surface area contributed by atoms with Crippen LogP contribution in [-0.4, -0.2) is 42.1 Å². The van der Waals surface area contributed by atoms with Crippen LogP contribution in [0.15, 0.2) is 71.0 Å². The number of hydrogen-bond donors (Lipinski definition) is 1. The molecule has 1 aromatic heterocycles. The summed E-state index contributed by atoms with van der Waals surface area (Å²) in [6.07, 6.45) is 2.70. The zero-order valence-corrected chi connectivity index (χ0v) is 20.1. The molecule has 0 radical (unpaired) electrons. The van der Waals surface area contributed by atoms with E-state index >= 15 is 0 Å². The lowest BCUT2D eigenvalue weighted by atomic mass is 10.1. The molecule has 4 rings (SSSR count). The Morgan fingerprint density at radius 2 is 1.89 bits per heavy atom. The Balaban J connectivity index is 1.53. The second-order valence-electron chi connectivity index (χ2n) is 8.76. The van der Waals surface area contributed by atoms with Crippen molar-refractivity contribution in [2.75, 3.05) is 26.7 Å². The number of hydrogen-bond acceptors (Lipinski definition) is 4. The molecular formula is C28H30FN3O3. The average Bonchev–Trinajstić information content (AvgIpc) is 3.06. The topological polar surface area (TPSA) is 63.6 Å².